The maximum atomic E-state index is 6.04. The second kappa shape index (κ2) is 12.0. The molecule has 0 radical (unpaired) electrons. The van der Waals surface area contributed by atoms with Crippen molar-refractivity contribution in [1.29, 1.82) is 0 Å². The third kappa shape index (κ3) is 7.31. The lowest BCUT2D eigenvalue weighted by atomic mass is 10.1. The van der Waals surface area contributed by atoms with E-state index in [1.165, 1.54) is 11.1 Å². The number of nitrogens with two attached hydrogens (primary N) is 1. The van der Waals surface area contributed by atoms with E-state index < -0.39 is 0 Å². The lowest BCUT2D eigenvalue weighted by molar-refractivity contribution is 0.296. The van der Waals surface area contributed by atoms with Crippen molar-refractivity contribution < 1.29 is 9.47 Å². The number of nitrogens with one attached hydrogen (secondary N) is 1. The molecule has 0 unspecified atom stereocenters. The summed E-state index contributed by atoms with van der Waals surface area (Å²) in [5.74, 6) is 1.92. The van der Waals surface area contributed by atoms with Crippen molar-refractivity contribution >= 4 is 5.96 Å². The molecule has 6 heteroatoms. The number of methoxy groups -OCH3 is 2. The monoisotopic (exact) mass is 398 g/mol. The van der Waals surface area contributed by atoms with Gasteiger partial charge in [0.1, 0.15) is 0 Å². The standard InChI is InChI=1S/C23H34N4O2/c1-5-27(6-2)17-20-9-7-8-19(14-20)16-26-23(24)25-13-12-18-10-11-21(28-3)22(15-18)29-4/h7-11,14-15H,5-6,12-13,16-17H2,1-4H3,(H3,24,25,26). The molecule has 3 N–H and O–H groups in total. The Hall–Kier alpha value is -2.73. The first-order chi connectivity index (χ1) is 14.1. The Bertz CT molecular complexity index is 788. The van der Waals surface area contributed by atoms with E-state index in [9.17, 15) is 0 Å². The van der Waals surface area contributed by atoms with E-state index in [1.54, 1.807) is 14.2 Å². The Balaban J connectivity index is 1.85. The molecule has 2 aromatic carbocycles. The normalized spacial score (nSPS) is 11.6. The molecule has 0 saturated heterocycles. The minimum atomic E-state index is 0.458. The Kier molecular flexibility index (Phi) is 9.31. The van der Waals surface area contributed by atoms with E-state index in [1.807, 2.05) is 18.2 Å². The summed E-state index contributed by atoms with van der Waals surface area (Å²) in [5, 5.41) is 3.18. The molecular weight excluding hydrogens is 364 g/mol. The van der Waals surface area contributed by atoms with Crippen LogP contribution in [0.15, 0.2) is 47.5 Å². The molecule has 158 valence electrons. The van der Waals surface area contributed by atoms with E-state index in [4.69, 9.17) is 15.2 Å². The lowest BCUT2D eigenvalue weighted by Gasteiger charge is -2.18. The second-order valence-electron chi connectivity index (χ2n) is 6.85. The second-order valence-corrected chi connectivity index (χ2v) is 6.85. The van der Waals surface area contributed by atoms with Gasteiger partial charge in [0.2, 0.25) is 0 Å². The molecule has 0 bridgehead atoms. The number of benzene rings is 2. The Labute approximate surface area is 174 Å². The summed E-state index contributed by atoms with van der Waals surface area (Å²) in [7, 11) is 3.27. The molecule has 2 rings (SSSR count). The van der Waals surface area contributed by atoms with Crippen molar-refractivity contribution in [2.24, 2.45) is 10.7 Å². The van der Waals surface area contributed by atoms with Crippen molar-refractivity contribution in [1.82, 2.24) is 10.2 Å². The van der Waals surface area contributed by atoms with Crippen LogP contribution in [0.2, 0.25) is 0 Å². The summed E-state index contributed by atoms with van der Waals surface area (Å²) < 4.78 is 10.6. The van der Waals surface area contributed by atoms with E-state index in [2.05, 4.69) is 53.3 Å². The SMILES string of the molecule is CCN(CC)Cc1cccc(CN=C(N)NCCc2ccc(OC)c(OC)c2)c1. The number of ether oxygens (including phenoxy) is 2. The van der Waals surface area contributed by atoms with E-state index in [-0.39, 0.29) is 0 Å². The lowest BCUT2D eigenvalue weighted by Crippen LogP contribution is -2.33. The molecule has 0 atom stereocenters. The summed E-state index contributed by atoms with van der Waals surface area (Å²) in [5.41, 5.74) is 9.65. The summed E-state index contributed by atoms with van der Waals surface area (Å²) in [4.78, 5) is 6.87. The topological polar surface area (TPSA) is 72.1 Å². The third-order valence-electron chi connectivity index (χ3n) is 4.89. The van der Waals surface area contributed by atoms with Gasteiger partial charge in [0.05, 0.1) is 20.8 Å². The fourth-order valence-corrected chi connectivity index (χ4v) is 3.14. The number of hydrogen-bond donors (Lipinski definition) is 2. The molecule has 6 nitrogen and oxygen atoms in total. The van der Waals surface area contributed by atoms with Gasteiger partial charge in [0.25, 0.3) is 0 Å². The highest BCUT2D eigenvalue weighted by Crippen LogP contribution is 2.27. The summed E-state index contributed by atoms with van der Waals surface area (Å²) >= 11 is 0. The van der Waals surface area contributed by atoms with Crippen LogP contribution in [0.3, 0.4) is 0 Å². The number of hydrogen-bond acceptors (Lipinski definition) is 4. The zero-order valence-electron chi connectivity index (χ0n) is 18.1. The first-order valence-electron chi connectivity index (χ1n) is 10.1. The smallest absolute Gasteiger partial charge is 0.188 e. The van der Waals surface area contributed by atoms with E-state index in [0.717, 1.165) is 43.1 Å². The maximum absolute atomic E-state index is 6.04. The zero-order valence-corrected chi connectivity index (χ0v) is 18.1. The molecule has 0 aliphatic rings. The van der Waals surface area contributed by atoms with Crippen LogP contribution in [0.1, 0.15) is 30.5 Å². The molecule has 2 aromatic rings. The van der Waals surface area contributed by atoms with Gasteiger partial charge in [0.15, 0.2) is 17.5 Å². The zero-order chi connectivity index (χ0) is 21.1. The molecule has 0 aliphatic heterocycles. The van der Waals surface area contributed by atoms with Crippen LogP contribution < -0.4 is 20.5 Å². The van der Waals surface area contributed by atoms with Crippen LogP contribution in [0.25, 0.3) is 0 Å². The summed E-state index contributed by atoms with van der Waals surface area (Å²) in [6.07, 6.45) is 0.815. The van der Waals surface area contributed by atoms with Crippen LogP contribution in [-0.2, 0) is 19.5 Å². The number of guanidine groups is 1. The maximum Gasteiger partial charge on any atom is 0.188 e. The van der Waals surface area contributed by atoms with Gasteiger partial charge in [-0.2, -0.15) is 0 Å². The van der Waals surface area contributed by atoms with Crippen molar-refractivity contribution in [2.45, 2.75) is 33.4 Å². The molecule has 0 heterocycles. The summed E-state index contributed by atoms with van der Waals surface area (Å²) in [6, 6.07) is 14.5. The van der Waals surface area contributed by atoms with Gasteiger partial charge in [-0.3, -0.25) is 4.90 Å². The Morgan fingerprint density at radius 2 is 1.69 bits per heavy atom. The van der Waals surface area contributed by atoms with Crippen molar-refractivity contribution in [3.63, 3.8) is 0 Å². The number of aliphatic imine (C=N–C) groups is 1. The molecule has 0 aliphatic carbocycles. The van der Waals surface area contributed by atoms with Gasteiger partial charge in [-0.1, -0.05) is 44.2 Å². The van der Waals surface area contributed by atoms with Gasteiger partial charge in [-0.05, 0) is 48.3 Å². The highest BCUT2D eigenvalue weighted by Gasteiger charge is 2.05. The summed E-state index contributed by atoms with van der Waals surface area (Å²) in [6.45, 7) is 8.71. The Morgan fingerprint density at radius 3 is 2.38 bits per heavy atom. The predicted octanol–water partition coefficient (Wildman–Crippen LogP) is 3.19. The van der Waals surface area contributed by atoms with E-state index in [0.29, 0.717) is 19.0 Å². The first-order valence-corrected chi connectivity index (χ1v) is 10.1. The van der Waals surface area contributed by atoms with Crippen molar-refractivity contribution in [2.75, 3.05) is 33.9 Å². The van der Waals surface area contributed by atoms with Crippen LogP contribution in [-0.4, -0.2) is 44.7 Å². The van der Waals surface area contributed by atoms with Gasteiger partial charge in [0, 0.05) is 13.1 Å². The van der Waals surface area contributed by atoms with Gasteiger partial charge < -0.3 is 20.5 Å². The first kappa shape index (κ1) is 22.6. The molecule has 0 aromatic heterocycles. The minimum absolute atomic E-state index is 0.458. The molecule has 0 spiro atoms. The quantitative estimate of drug-likeness (QED) is 0.449. The molecular formula is C23H34N4O2. The molecule has 29 heavy (non-hydrogen) atoms. The third-order valence-corrected chi connectivity index (χ3v) is 4.89. The van der Waals surface area contributed by atoms with Gasteiger partial charge in [-0.25, -0.2) is 4.99 Å². The average molecular weight is 399 g/mol. The molecule has 0 saturated carbocycles. The largest absolute Gasteiger partial charge is 0.493 e. The van der Waals surface area contributed by atoms with Crippen LogP contribution in [0.5, 0.6) is 11.5 Å². The predicted molar refractivity (Wildman–Crippen MR) is 120 cm³/mol. The van der Waals surface area contributed by atoms with Crippen molar-refractivity contribution in [3.8, 4) is 11.5 Å². The van der Waals surface area contributed by atoms with Gasteiger partial charge >= 0.3 is 0 Å². The fourth-order valence-electron chi connectivity index (χ4n) is 3.14. The van der Waals surface area contributed by atoms with Crippen LogP contribution in [0, 0.1) is 0 Å². The Morgan fingerprint density at radius 1 is 0.966 bits per heavy atom. The fraction of sp³-hybridized carbons (Fsp3) is 0.435. The number of nitrogens with zero attached hydrogens (tertiary/aromatic N) is 2. The van der Waals surface area contributed by atoms with Crippen LogP contribution >= 0.6 is 0 Å². The highest BCUT2D eigenvalue weighted by atomic mass is 16.5. The highest BCUT2D eigenvalue weighted by molar-refractivity contribution is 5.77. The van der Waals surface area contributed by atoms with E-state index >= 15 is 0 Å². The average Bonchev–Trinajstić information content (AvgIpc) is 2.76. The molecule has 0 amide bonds. The van der Waals surface area contributed by atoms with Crippen LogP contribution in [0.4, 0.5) is 0 Å². The molecule has 0 fully saturated rings. The number of rotatable bonds is 11. The van der Waals surface area contributed by atoms with Crippen molar-refractivity contribution in [3.05, 3.63) is 59.2 Å². The van der Waals surface area contributed by atoms with Gasteiger partial charge in [-0.15, -0.1) is 0 Å². The minimum Gasteiger partial charge on any atom is -0.493 e.